The summed E-state index contributed by atoms with van der Waals surface area (Å²) in [4.78, 5) is 11.2. The third kappa shape index (κ3) is 15.7. The number of carbonyl (C=O) groups excluding carboxylic acids is 1. The molecule has 0 unspecified atom stereocenters. The van der Waals surface area contributed by atoms with Crippen molar-refractivity contribution in [1.82, 2.24) is 0 Å². The summed E-state index contributed by atoms with van der Waals surface area (Å²) in [6.45, 7) is 6.64. The minimum Gasteiger partial charge on any atom is -0.465 e. The Kier molecular flexibility index (Phi) is 15.5. The number of hydrogen-bond donors (Lipinski definition) is 0. The molecule has 2 heteroatoms. The summed E-state index contributed by atoms with van der Waals surface area (Å²) in [5.41, 5.74) is 0. The molecule has 0 amide bonds. The van der Waals surface area contributed by atoms with Crippen molar-refractivity contribution >= 4 is 5.97 Å². The van der Waals surface area contributed by atoms with Crippen molar-refractivity contribution in [2.45, 2.75) is 104 Å². The van der Waals surface area contributed by atoms with Gasteiger partial charge < -0.3 is 4.74 Å². The van der Waals surface area contributed by atoms with Gasteiger partial charge in [0.05, 0.1) is 12.5 Å². The van der Waals surface area contributed by atoms with Gasteiger partial charge >= 0.3 is 5.97 Å². The van der Waals surface area contributed by atoms with Gasteiger partial charge in [0.25, 0.3) is 0 Å². The Morgan fingerprint density at radius 1 is 0.714 bits per heavy atom. The van der Waals surface area contributed by atoms with E-state index >= 15 is 0 Å². The largest absolute Gasteiger partial charge is 0.465 e. The molecule has 0 saturated carbocycles. The van der Waals surface area contributed by atoms with Gasteiger partial charge in [-0.05, 0) is 6.42 Å². The normalized spacial score (nSPS) is 11.0. The maximum atomic E-state index is 11.2. The topological polar surface area (TPSA) is 26.3 Å². The lowest BCUT2D eigenvalue weighted by Gasteiger charge is -2.06. The lowest BCUT2D eigenvalue weighted by molar-refractivity contribution is -0.147. The fraction of sp³-hybridized carbons (Fsp3) is 0.947. The Morgan fingerprint density at radius 2 is 1.10 bits per heavy atom. The number of unbranched alkanes of at least 4 members (excludes halogenated alkanes) is 12. The molecule has 0 atom stereocenters. The van der Waals surface area contributed by atoms with Crippen LogP contribution in [0.5, 0.6) is 0 Å². The summed E-state index contributed by atoms with van der Waals surface area (Å²) < 4.78 is 5.16. The SMILES string of the molecule is CCCCCCCCCCCCCCCOC(=O)C(C)C. The molecule has 0 aromatic rings. The van der Waals surface area contributed by atoms with Crippen LogP contribution in [-0.2, 0) is 9.53 Å². The van der Waals surface area contributed by atoms with E-state index in [2.05, 4.69) is 6.92 Å². The van der Waals surface area contributed by atoms with E-state index in [1.54, 1.807) is 0 Å². The van der Waals surface area contributed by atoms with E-state index < -0.39 is 0 Å². The van der Waals surface area contributed by atoms with Gasteiger partial charge in [0.15, 0.2) is 0 Å². The highest BCUT2D eigenvalue weighted by Gasteiger charge is 2.06. The van der Waals surface area contributed by atoms with E-state index in [9.17, 15) is 4.79 Å². The molecule has 0 N–H and O–H groups in total. The molecule has 0 rings (SSSR count). The molecule has 0 spiro atoms. The van der Waals surface area contributed by atoms with Gasteiger partial charge in [0, 0.05) is 0 Å². The Morgan fingerprint density at radius 3 is 1.48 bits per heavy atom. The van der Waals surface area contributed by atoms with Crippen LogP contribution in [0.15, 0.2) is 0 Å². The molecule has 0 bridgehead atoms. The van der Waals surface area contributed by atoms with Crippen LogP contribution in [0, 0.1) is 5.92 Å². The molecular formula is C19H38O2. The maximum absolute atomic E-state index is 11.2. The summed E-state index contributed by atoms with van der Waals surface area (Å²) in [6.07, 6.45) is 17.5. The number of esters is 1. The van der Waals surface area contributed by atoms with Crippen molar-refractivity contribution in [2.24, 2.45) is 5.92 Å². The minimum atomic E-state index is -0.0612. The zero-order valence-electron chi connectivity index (χ0n) is 14.8. The standard InChI is InChI=1S/C19H38O2/c1-4-5-6-7-8-9-10-11-12-13-14-15-16-17-21-19(20)18(2)3/h18H,4-17H2,1-3H3. The summed E-state index contributed by atoms with van der Waals surface area (Å²) >= 11 is 0. The summed E-state index contributed by atoms with van der Waals surface area (Å²) in [6, 6.07) is 0. The molecule has 0 aromatic heterocycles. The lowest BCUT2D eigenvalue weighted by atomic mass is 10.0. The highest BCUT2D eigenvalue weighted by Crippen LogP contribution is 2.12. The van der Waals surface area contributed by atoms with Crippen LogP contribution in [0.3, 0.4) is 0 Å². The van der Waals surface area contributed by atoms with E-state index in [4.69, 9.17) is 4.74 Å². The zero-order valence-corrected chi connectivity index (χ0v) is 14.8. The van der Waals surface area contributed by atoms with E-state index in [-0.39, 0.29) is 11.9 Å². The average molecular weight is 299 g/mol. The third-order valence-corrected chi connectivity index (χ3v) is 3.96. The van der Waals surface area contributed by atoms with Crippen molar-refractivity contribution in [1.29, 1.82) is 0 Å². The number of rotatable bonds is 15. The van der Waals surface area contributed by atoms with E-state index in [1.807, 2.05) is 13.8 Å². The van der Waals surface area contributed by atoms with E-state index in [0.29, 0.717) is 6.61 Å². The van der Waals surface area contributed by atoms with E-state index in [0.717, 1.165) is 6.42 Å². The number of ether oxygens (including phenoxy) is 1. The molecule has 0 fully saturated rings. The molecule has 126 valence electrons. The number of hydrogen-bond acceptors (Lipinski definition) is 2. The molecule has 2 nitrogen and oxygen atoms in total. The quantitative estimate of drug-likeness (QED) is 0.263. The first-order chi connectivity index (χ1) is 10.2. The minimum absolute atomic E-state index is 0.00646. The second kappa shape index (κ2) is 15.9. The van der Waals surface area contributed by atoms with Gasteiger partial charge in [-0.25, -0.2) is 0 Å². The van der Waals surface area contributed by atoms with Crippen LogP contribution in [-0.4, -0.2) is 12.6 Å². The van der Waals surface area contributed by atoms with Gasteiger partial charge in [-0.2, -0.15) is 0 Å². The Labute approximate surface area is 133 Å². The molecule has 0 aliphatic rings. The Balaban J connectivity index is 3.04. The van der Waals surface area contributed by atoms with Crippen molar-refractivity contribution in [3.05, 3.63) is 0 Å². The average Bonchev–Trinajstić information content (AvgIpc) is 2.47. The van der Waals surface area contributed by atoms with Crippen LogP contribution in [0.1, 0.15) is 104 Å². The van der Waals surface area contributed by atoms with E-state index in [1.165, 1.54) is 77.0 Å². The molecule has 0 aromatic carbocycles. The van der Waals surface area contributed by atoms with Crippen LogP contribution >= 0.6 is 0 Å². The third-order valence-electron chi connectivity index (χ3n) is 3.96. The highest BCUT2D eigenvalue weighted by molar-refractivity contribution is 5.71. The van der Waals surface area contributed by atoms with Crippen LogP contribution in [0.4, 0.5) is 0 Å². The fourth-order valence-electron chi connectivity index (χ4n) is 2.46. The van der Waals surface area contributed by atoms with Crippen molar-refractivity contribution in [3.63, 3.8) is 0 Å². The predicted octanol–water partition coefficient (Wildman–Crippen LogP) is 6.28. The first kappa shape index (κ1) is 20.5. The molecular weight excluding hydrogens is 260 g/mol. The molecule has 21 heavy (non-hydrogen) atoms. The van der Waals surface area contributed by atoms with Gasteiger partial charge in [-0.15, -0.1) is 0 Å². The second-order valence-electron chi connectivity index (χ2n) is 6.56. The molecule has 0 aliphatic heterocycles. The Hall–Kier alpha value is -0.530. The predicted molar refractivity (Wildman–Crippen MR) is 91.5 cm³/mol. The fourth-order valence-corrected chi connectivity index (χ4v) is 2.46. The van der Waals surface area contributed by atoms with Gasteiger partial charge in [-0.3, -0.25) is 4.79 Å². The zero-order chi connectivity index (χ0) is 15.8. The van der Waals surface area contributed by atoms with Crippen molar-refractivity contribution in [3.8, 4) is 0 Å². The van der Waals surface area contributed by atoms with Crippen LogP contribution in [0.2, 0.25) is 0 Å². The van der Waals surface area contributed by atoms with Crippen LogP contribution < -0.4 is 0 Å². The number of carbonyl (C=O) groups is 1. The molecule has 0 heterocycles. The molecule has 0 radical (unpaired) electrons. The first-order valence-corrected chi connectivity index (χ1v) is 9.35. The van der Waals surface area contributed by atoms with Crippen LogP contribution in [0.25, 0.3) is 0 Å². The smallest absolute Gasteiger partial charge is 0.308 e. The highest BCUT2D eigenvalue weighted by atomic mass is 16.5. The first-order valence-electron chi connectivity index (χ1n) is 9.35. The van der Waals surface area contributed by atoms with Gasteiger partial charge in [0.2, 0.25) is 0 Å². The van der Waals surface area contributed by atoms with Crippen molar-refractivity contribution < 1.29 is 9.53 Å². The second-order valence-corrected chi connectivity index (χ2v) is 6.56. The van der Waals surface area contributed by atoms with Gasteiger partial charge in [0.1, 0.15) is 0 Å². The summed E-state index contributed by atoms with van der Waals surface area (Å²) in [7, 11) is 0. The summed E-state index contributed by atoms with van der Waals surface area (Å²) in [5.74, 6) is -0.0547. The Bertz CT molecular complexity index is 224. The summed E-state index contributed by atoms with van der Waals surface area (Å²) in [5, 5.41) is 0. The molecule has 0 aliphatic carbocycles. The van der Waals surface area contributed by atoms with Gasteiger partial charge in [-0.1, -0.05) is 97.8 Å². The molecule has 0 saturated heterocycles. The monoisotopic (exact) mass is 298 g/mol. The maximum Gasteiger partial charge on any atom is 0.308 e. The van der Waals surface area contributed by atoms with Crippen molar-refractivity contribution in [2.75, 3.05) is 6.61 Å². The lowest BCUT2D eigenvalue weighted by Crippen LogP contribution is -2.12.